The number of anilines is 2. The second-order valence-electron chi connectivity index (χ2n) is 8.44. The lowest BCUT2D eigenvalue weighted by Crippen LogP contribution is -2.29. The van der Waals surface area contributed by atoms with E-state index in [9.17, 15) is 8.42 Å². The number of thiocarbonyl (C=S) groups is 1. The van der Waals surface area contributed by atoms with Crippen molar-refractivity contribution in [3.8, 4) is 0 Å². The Bertz CT molecular complexity index is 1300. The molecule has 33 heavy (non-hydrogen) atoms. The summed E-state index contributed by atoms with van der Waals surface area (Å²) in [5, 5.41) is 4.10. The van der Waals surface area contributed by atoms with Gasteiger partial charge in [0.15, 0.2) is 5.11 Å². The van der Waals surface area contributed by atoms with Crippen LogP contribution in [0.4, 0.5) is 11.4 Å². The van der Waals surface area contributed by atoms with Crippen molar-refractivity contribution in [2.24, 2.45) is 0 Å². The van der Waals surface area contributed by atoms with Gasteiger partial charge in [0, 0.05) is 29.8 Å². The normalized spacial score (nSPS) is 18.5. The van der Waals surface area contributed by atoms with Gasteiger partial charge in [-0.15, -0.1) is 0 Å². The number of nitrogens with zero attached hydrogens (tertiary/aromatic N) is 3. The minimum Gasteiger partial charge on any atom is -0.351 e. The van der Waals surface area contributed by atoms with Crippen LogP contribution in [0.15, 0.2) is 48.7 Å². The van der Waals surface area contributed by atoms with E-state index in [1.807, 2.05) is 37.3 Å². The van der Waals surface area contributed by atoms with Crippen molar-refractivity contribution in [3.63, 3.8) is 0 Å². The number of aryl methyl sites for hydroxylation is 2. The van der Waals surface area contributed by atoms with E-state index < -0.39 is 10.0 Å². The second-order valence-corrected chi connectivity index (χ2v) is 10.6. The van der Waals surface area contributed by atoms with Crippen molar-refractivity contribution in [3.05, 3.63) is 76.9 Å². The molecular weight excluding hydrogens is 454 g/mol. The van der Waals surface area contributed by atoms with Gasteiger partial charge >= 0.3 is 0 Å². The maximum atomic E-state index is 11.7. The van der Waals surface area contributed by atoms with Gasteiger partial charge in [-0.3, -0.25) is 9.71 Å². The lowest BCUT2D eigenvalue weighted by atomic mass is 9.96. The molecule has 1 aromatic carbocycles. The predicted molar refractivity (Wildman–Crippen MR) is 137 cm³/mol. The van der Waals surface area contributed by atoms with Crippen LogP contribution >= 0.6 is 12.2 Å². The number of benzene rings is 1. The zero-order chi connectivity index (χ0) is 23.9. The Morgan fingerprint density at radius 1 is 1.15 bits per heavy atom. The second kappa shape index (κ2) is 8.79. The zero-order valence-electron chi connectivity index (χ0n) is 19.5. The molecule has 3 aromatic rings. The van der Waals surface area contributed by atoms with Crippen molar-refractivity contribution in [1.29, 1.82) is 0 Å². The van der Waals surface area contributed by atoms with E-state index in [0.717, 1.165) is 29.7 Å². The van der Waals surface area contributed by atoms with Crippen molar-refractivity contribution in [2.75, 3.05) is 15.9 Å². The lowest BCUT2D eigenvalue weighted by Gasteiger charge is -2.28. The minimum atomic E-state index is -3.36. The summed E-state index contributed by atoms with van der Waals surface area (Å²) in [6.07, 6.45) is 2.95. The Morgan fingerprint density at radius 3 is 2.48 bits per heavy atom. The van der Waals surface area contributed by atoms with Gasteiger partial charge in [-0.05, 0) is 87.4 Å². The highest BCUT2D eigenvalue weighted by molar-refractivity contribution is 7.92. The molecule has 7 nitrogen and oxygen atoms in total. The molecule has 0 amide bonds. The molecule has 0 radical (unpaired) electrons. The van der Waals surface area contributed by atoms with Gasteiger partial charge in [0.25, 0.3) is 0 Å². The first-order chi connectivity index (χ1) is 15.6. The summed E-state index contributed by atoms with van der Waals surface area (Å²) in [7, 11) is -3.36. The van der Waals surface area contributed by atoms with Crippen LogP contribution in [-0.4, -0.2) is 29.3 Å². The molecule has 0 saturated carbocycles. The molecule has 174 valence electrons. The van der Waals surface area contributed by atoms with Crippen LogP contribution in [0.3, 0.4) is 0 Å². The molecule has 1 aliphatic rings. The van der Waals surface area contributed by atoms with Gasteiger partial charge in [0.2, 0.25) is 10.0 Å². The van der Waals surface area contributed by atoms with E-state index >= 15 is 0 Å². The summed E-state index contributed by atoms with van der Waals surface area (Å²) in [5.41, 5.74) is 6.78. The third-order valence-corrected chi connectivity index (χ3v) is 7.03. The highest BCUT2D eigenvalue weighted by Crippen LogP contribution is 2.43. The molecule has 2 aromatic heterocycles. The summed E-state index contributed by atoms with van der Waals surface area (Å²) in [6.45, 7) is 9.19. The Balaban J connectivity index is 1.84. The van der Waals surface area contributed by atoms with E-state index in [0.29, 0.717) is 10.8 Å². The number of sulfonamides is 1. The van der Waals surface area contributed by atoms with Crippen LogP contribution in [0.5, 0.6) is 0 Å². The minimum absolute atomic E-state index is 0.105. The highest BCUT2D eigenvalue weighted by atomic mass is 32.2. The van der Waals surface area contributed by atoms with Crippen molar-refractivity contribution >= 4 is 38.7 Å². The Morgan fingerprint density at radius 2 is 1.91 bits per heavy atom. The van der Waals surface area contributed by atoms with E-state index in [1.165, 1.54) is 17.0 Å². The molecule has 0 unspecified atom stereocenters. The topological polar surface area (TPSA) is 79.3 Å². The van der Waals surface area contributed by atoms with Crippen LogP contribution < -0.4 is 14.9 Å². The Labute approximate surface area is 200 Å². The SMILES string of the molecule is CCn1c(C)cc([C@@H]2[C@@H](c3ccccn3)NC(=S)N2c2ccc(NS(C)(=O)=O)c(C)c2)c1C. The Kier molecular flexibility index (Phi) is 6.20. The number of rotatable bonds is 6. The highest BCUT2D eigenvalue weighted by Gasteiger charge is 2.42. The maximum Gasteiger partial charge on any atom is 0.229 e. The fourth-order valence-electron chi connectivity index (χ4n) is 4.67. The van der Waals surface area contributed by atoms with E-state index in [4.69, 9.17) is 12.2 Å². The molecule has 9 heteroatoms. The monoisotopic (exact) mass is 483 g/mol. The van der Waals surface area contributed by atoms with Crippen molar-refractivity contribution < 1.29 is 8.42 Å². The number of pyridine rings is 1. The third kappa shape index (κ3) is 4.47. The first-order valence-corrected chi connectivity index (χ1v) is 13.2. The summed E-state index contributed by atoms with van der Waals surface area (Å²) in [5.74, 6) is 0. The number of nitrogens with one attached hydrogen (secondary N) is 2. The molecule has 0 spiro atoms. The summed E-state index contributed by atoms with van der Waals surface area (Å²) in [6, 6.07) is 13.6. The molecule has 1 aliphatic heterocycles. The van der Waals surface area contributed by atoms with E-state index in [-0.39, 0.29) is 12.1 Å². The number of hydrogen-bond donors (Lipinski definition) is 2. The van der Waals surface area contributed by atoms with Gasteiger partial charge < -0.3 is 14.8 Å². The largest absolute Gasteiger partial charge is 0.351 e. The lowest BCUT2D eigenvalue weighted by molar-refractivity contribution is 0.563. The quantitative estimate of drug-likeness (QED) is 0.507. The molecule has 0 bridgehead atoms. The molecule has 0 aliphatic carbocycles. The van der Waals surface area contributed by atoms with E-state index in [1.54, 1.807) is 12.3 Å². The molecule has 3 heterocycles. The molecule has 1 fully saturated rings. The average Bonchev–Trinajstić information content (AvgIpc) is 3.24. The first-order valence-electron chi connectivity index (χ1n) is 10.9. The van der Waals surface area contributed by atoms with Crippen LogP contribution in [0, 0.1) is 20.8 Å². The van der Waals surface area contributed by atoms with Gasteiger partial charge in [0.05, 0.1) is 29.7 Å². The fraction of sp³-hybridized carbons (Fsp3) is 0.333. The average molecular weight is 484 g/mol. The zero-order valence-corrected chi connectivity index (χ0v) is 21.1. The fourth-order valence-corrected chi connectivity index (χ4v) is 5.65. The number of hydrogen-bond acceptors (Lipinski definition) is 4. The smallest absolute Gasteiger partial charge is 0.229 e. The molecule has 2 atom stereocenters. The molecule has 4 rings (SSSR count). The van der Waals surface area contributed by atoms with Crippen LogP contribution in [0.1, 0.15) is 47.2 Å². The van der Waals surface area contributed by atoms with Gasteiger partial charge in [-0.2, -0.15) is 0 Å². The maximum absolute atomic E-state index is 11.7. The Hall–Kier alpha value is -2.91. The number of aromatic nitrogens is 2. The van der Waals surface area contributed by atoms with E-state index in [2.05, 4.69) is 51.3 Å². The van der Waals surface area contributed by atoms with Gasteiger partial charge in [0.1, 0.15) is 0 Å². The summed E-state index contributed by atoms with van der Waals surface area (Å²) in [4.78, 5) is 6.74. The third-order valence-electron chi connectivity index (χ3n) is 6.13. The summed E-state index contributed by atoms with van der Waals surface area (Å²) >= 11 is 5.82. The van der Waals surface area contributed by atoms with Gasteiger partial charge in [-0.25, -0.2) is 8.42 Å². The van der Waals surface area contributed by atoms with Crippen molar-refractivity contribution in [2.45, 2.75) is 46.3 Å². The standard InChI is InChI=1S/C24H29N5O2S2/c1-6-28-16(3)14-19(17(28)4)23-22(21-9-7-8-12-25-21)26-24(32)29(23)18-10-11-20(15(2)13-18)27-33(5,30)31/h7-14,22-23,27H,6H2,1-5H3,(H,26,32)/t22-,23-/m1/s1. The van der Waals surface area contributed by atoms with Crippen molar-refractivity contribution in [1.82, 2.24) is 14.9 Å². The molecular formula is C24H29N5O2S2. The van der Waals surface area contributed by atoms with Crippen LogP contribution in [0.2, 0.25) is 0 Å². The van der Waals surface area contributed by atoms with Crippen LogP contribution in [-0.2, 0) is 16.6 Å². The first kappa shape index (κ1) is 23.3. The van der Waals surface area contributed by atoms with Gasteiger partial charge in [-0.1, -0.05) is 6.07 Å². The molecule has 1 saturated heterocycles. The molecule has 2 N–H and O–H groups in total. The summed E-state index contributed by atoms with van der Waals surface area (Å²) < 4.78 is 28.3. The van der Waals surface area contributed by atoms with Crippen LogP contribution in [0.25, 0.3) is 0 Å². The predicted octanol–water partition coefficient (Wildman–Crippen LogP) is 4.38.